The molecule has 3 rings (SSSR count). The van der Waals surface area contributed by atoms with E-state index in [4.69, 9.17) is 4.74 Å². The molecule has 0 aromatic heterocycles. The van der Waals surface area contributed by atoms with Crippen molar-refractivity contribution in [1.29, 1.82) is 0 Å². The number of hydrogen-bond acceptors (Lipinski definition) is 5. The van der Waals surface area contributed by atoms with Crippen LogP contribution in [-0.4, -0.2) is 40.3 Å². The monoisotopic (exact) mass is 416 g/mol. The van der Waals surface area contributed by atoms with Gasteiger partial charge in [0.2, 0.25) is 5.91 Å². The third-order valence-corrected chi connectivity index (χ3v) is 6.09. The SMILES string of the molecule is CS(=O)(=O)c1ccc(OCCCC(=O)NCc2ccc(N3CCCC3)cc2)cc1. The minimum atomic E-state index is -3.20. The Balaban J connectivity index is 1.33. The smallest absolute Gasteiger partial charge is 0.220 e. The van der Waals surface area contributed by atoms with E-state index < -0.39 is 9.84 Å². The summed E-state index contributed by atoms with van der Waals surface area (Å²) in [6.07, 6.45) is 4.66. The lowest BCUT2D eigenvalue weighted by Crippen LogP contribution is -2.23. The van der Waals surface area contributed by atoms with E-state index in [0.29, 0.717) is 31.7 Å². The predicted molar refractivity (Wildman–Crippen MR) is 114 cm³/mol. The highest BCUT2D eigenvalue weighted by molar-refractivity contribution is 7.90. The van der Waals surface area contributed by atoms with Crippen molar-refractivity contribution in [3.05, 3.63) is 54.1 Å². The average molecular weight is 417 g/mol. The van der Waals surface area contributed by atoms with Gasteiger partial charge in [0.15, 0.2) is 9.84 Å². The molecule has 1 heterocycles. The van der Waals surface area contributed by atoms with Gasteiger partial charge in [0.1, 0.15) is 5.75 Å². The van der Waals surface area contributed by atoms with Gasteiger partial charge < -0.3 is 15.0 Å². The minimum absolute atomic E-state index is 0.00959. The second-order valence-electron chi connectivity index (χ2n) is 7.33. The van der Waals surface area contributed by atoms with Gasteiger partial charge in [0.05, 0.1) is 11.5 Å². The molecule has 156 valence electrons. The number of ether oxygens (including phenoxy) is 1. The van der Waals surface area contributed by atoms with Crippen LogP contribution in [0.3, 0.4) is 0 Å². The fourth-order valence-corrected chi connectivity index (χ4v) is 3.93. The third kappa shape index (κ3) is 6.49. The molecule has 2 aromatic rings. The maximum absolute atomic E-state index is 12.0. The van der Waals surface area contributed by atoms with Crippen LogP contribution in [0.25, 0.3) is 0 Å². The highest BCUT2D eigenvalue weighted by Gasteiger charge is 2.12. The topological polar surface area (TPSA) is 75.7 Å². The second kappa shape index (κ2) is 9.78. The van der Waals surface area contributed by atoms with Crippen LogP contribution in [0.15, 0.2) is 53.4 Å². The molecule has 0 bridgehead atoms. The Bertz CT molecular complexity index is 903. The van der Waals surface area contributed by atoms with Gasteiger partial charge in [-0.05, 0) is 61.2 Å². The molecule has 1 fully saturated rings. The summed E-state index contributed by atoms with van der Waals surface area (Å²) in [7, 11) is -3.20. The Labute approximate surface area is 172 Å². The molecule has 29 heavy (non-hydrogen) atoms. The molecular formula is C22H28N2O4S. The summed E-state index contributed by atoms with van der Waals surface area (Å²) < 4.78 is 28.4. The number of carbonyl (C=O) groups is 1. The van der Waals surface area contributed by atoms with E-state index >= 15 is 0 Å². The number of nitrogens with zero attached hydrogens (tertiary/aromatic N) is 1. The summed E-state index contributed by atoms with van der Waals surface area (Å²) in [5.41, 5.74) is 2.34. The maximum atomic E-state index is 12.0. The predicted octanol–water partition coefficient (Wildman–Crippen LogP) is 3.17. The molecule has 1 amide bonds. The third-order valence-electron chi connectivity index (χ3n) is 4.97. The first-order chi connectivity index (χ1) is 13.9. The summed E-state index contributed by atoms with van der Waals surface area (Å²) in [6, 6.07) is 14.7. The maximum Gasteiger partial charge on any atom is 0.220 e. The zero-order chi connectivity index (χ0) is 20.7. The molecule has 7 heteroatoms. The van der Waals surface area contributed by atoms with E-state index in [2.05, 4.69) is 34.5 Å². The largest absolute Gasteiger partial charge is 0.494 e. The number of benzene rings is 2. The number of rotatable bonds is 9. The second-order valence-corrected chi connectivity index (χ2v) is 9.35. The van der Waals surface area contributed by atoms with E-state index in [0.717, 1.165) is 18.7 Å². The lowest BCUT2D eigenvalue weighted by atomic mass is 10.2. The number of sulfone groups is 1. The lowest BCUT2D eigenvalue weighted by Gasteiger charge is -2.17. The normalized spacial score (nSPS) is 14.0. The van der Waals surface area contributed by atoms with Crippen molar-refractivity contribution < 1.29 is 17.9 Å². The van der Waals surface area contributed by atoms with Gasteiger partial charge in [0.25, 0.3) is 0 Å². The quantitative estimate of drug-likeness (QED) is 0.636. The Kier molecular flexibility index (Phi) is 7.14. The first-order valence-corrected chi connectivity index (χ1v) is 11.8. The molecule has 2 aromatic carbocycles. The van der Waals surface area contributed by atoms with Gasteiger partial charge in [-0.25, -0.2) is 8.42 Å². The highest BCUT2D eigenvalue weighted by atomic mass is 32.2. The van der Waals surface area contributed by atoms with Crippen molar-refractivity contribution in [2.24, 2.45) is 0 Å². The van der Waals surface area contributed by atoms with Crippen molar-refractivity contribution in [3.63, 3.8) is 0 Å². The summed E-state index contributed by atoms with van der Waals surface area (Å²) in [6.45, 7) is 3.17. The van der Waals surface area contributed by atoms with Crippen molar-refractivity contribution in [2.75, 3.05) is 30.9 Å². The molecular weight excluding hydrogens is 388 g/mol. The average Bonchev–Trinajstić information content (AvgIpc) is 3.25. The summed E-state index contributed by atoms with van der Waals surface area (Å²) >= 11 is 0. The number of nitrogens with one attached hydrogen (secondary N) is 1. The fourth-order valence-electron chi connectivity index (χ4n) is 3.29. The zero-order valence-corrected chi connectivity index (χ0v) is 17.6. The van der Waals surface area contributed by atoms with Crippen molar-refractivity contribution in [3.8, 4) is 5.75 Å². The van der Waals surface area contributed by atoms with Gasteiger partial charge in [-0.3, -0.25) is 4.79 Å². The van der Waals surface area contributed by atoms with Crippen LogP contribution in [0.4, 0.5) is 5.69 Å². The Morgan fingerprint density at radius 2 is 1.69 bits per heavy atom. The van der Waals surface area contributed by atoms with Crippen LogP contribution in [0.2, 0.25) is 0 Å². The molecule has 1 saturated heterocycles. The van der Waals surface area contributed by atoms with Crippen LogP contribution in [-0.2, 0) is 21.2 Å². The fraction of sp³-hybridized carbons (Fsp3) is 0.409. The number of carbonyl (C=O) groups excluding carboxylic acids is 1. The molecule has 0 unspecified atom stereocenters. The van der Waals surface area contributed by atoms with Gasteiger partial charge in [-0.1, -0.05) is 12.1 Å². The zero-order valence-electron chi connectivity index (χ0n) is 16.8. The Morgan fingerprint density at radius 1 is 1.03 bits per heavy atom. The summed E-state index contributed by atoms with van der Waals surface area (Å²) in [4.78, 5) is 14.7. The van der Waals surface area contributed by atoms with Crippen molar-refractivity contribution in [2.45, 2.75) is 37.1 Å². The van der Waals surface area contributed by atoms with Gasteiger partial charge in [-0.2, -0.15) is 0 Å². The van der Waals surface area contributed by atoms with E-state index in [1.54, 1.807) is 12.1 Å². The molecule has 0 spiro atoms. The van der Waals surface area contributed by atoms with Gasteiger partial charge in [-0.15, -0.1) is 0 Å². The lowest BCUT2D eigenvalue weighted by molar-refractivity contribution is -0.121. The van der Waals surface area contributed by atoms with Crippen LogP contribution in [0.5, 0.6) is 5.75 Å². The summed E-state index contributed by atoms with van der Waals surface area (Å²) in [5.74, 6) is 0.584. The van der Waals surface area contributed by atoms with Crippen LogP contribution in [0.1, 0.15) is 31.2 Å². The Morgan fingerprint density at radius 3 is 2.31 bits per heavy atom. The molecule has 1 aliphatic rings. The molecule has 0 aliphatic carbocycles. The van der Waals surface area contributed by atoms with Crippen LogP contribution in [0, 0.1) is 0 Å². The molecule has 0 saturated carbocycles. The van der Waals surface area contributed by atoms with E-state index in [9.17, 15) is 13.2 Å². The van der Waals surface area contributed by atoms with Gasteiger partial charge >= 0.3 is 0 Å². The van der Waals surface area contributed by atoms with Gasteiger partial charge in [0, 0.05) is 38.0 Å². The number of amides is 1. The van der Waals surface area contributed by atoms with Crippen molar-refractivity contribution in [1.82, 2.24) is 5.32 Å². The number of anilines is 1. The minimum Gasteiger partial charge on any atom is -0.494 e. The standard InChI is InChI=1S/C22H28N2O4S/c1-29(26,27)21-12-10-20(11-13-21)28-16-4-5-22(25)23-17-18-6-8-19(9-7-18)24-14-2-3-15-24/h6-13H,2-5,14-17H2,1H3,(H,23,25). The van der Waals surface area contributed by atoms with E-state index in [-0.39, 0.29) is 10.8 Å². The highest BCUT2D eigenvalue weighted by Crippen LogP contribution is 2.20. The first-order valence-electron chi connectivity index (χ1n) is 9.95. The number of hydrogen-bond donors (Lipinski definition) is 1. The van der Waals surface area contributed by atoms with Crippen LogP contribution < -0.4 is 15.0 Å². The molecule has 1 N–H and O–H groups in total. The summed E-state index contributed by atoms with van der Waals surface area (Å²) in [5, 5.41) is 2.94. The van der Waals surface area contributed by atoms with Crippen molar-refractivity contribution >= 4 is 21.4 Å². The molecule has 0 atom stereocenters. The molecule has 1 aliphatic heterocycles. The molecule has 0 radical (unpaired) electrons. The Hall–Kier alpha value is -2.54. The van der Waals surface area contributed by atoms with E-state index in [1.165, 1.54) is 36.9 Å². The molecule has 6 nitrogen and oxygen atoms in total. The van der Waals surface area contributed by atoms with E-state index in [1.807, 2.05) is 0 Å². The van der Waals surface area contributed by atoms with Crippen LogP contribution >= 0.6 is 0 Å². The first kappa shape index (κ1) is 21.2.